The molecular weight excluding hydrogens is 320 g/mol. The first-order valence-electron chi connectivity index (χ1n) is 8.80. The van der Waals surface area contributed by atoms with Gasteiger partial charge >= 0.3 is 0 Å². The number of hydrogen-bond donors (Lipinski definition) is 0. The summed E-state index contributed by atoms with van der Waals surface area (Å²) in [5.41, 5.74) is 0.779. The third-order valence-corrected chi connectivity index (χ3v) is 4.24. The van der Waals surface area contributed by atoms with E-state index in [1.54, 1.807) is 11.0 Å². The van der Waals surface area contributed by atoms with Crippen molar-refractivity contribution in [3.63, 3.8) is 0 Å². The summed E-state index contributed by atoms with van der Waals surface area (Å²) in [6.07, 6.45) is 2.82. The second-order valence-corrected chi connectivity index (χ2v) is 6.08. The van der Waals surface area contributed by atoms with Crippen molar-refractivity contribution in [2.45, 2.75) is 32.3 Å². The molecule has 1 aliphatic heterocycles. The zero-order valence-electron chi connectivity index (χ0n) is 14.5. The van der Waals surface area contributed by atoms with E-state index in [0.717, 1.165) is 37.3 Å². The van der Waals surface area contributed by atoms with Gasteiger partial charge < -0.3 is 18.9 Å². The molecule has 3 rings (SSSR count). The number of carbonyl (C=O) groups is 1. The molecular formula is C19H24N2O4. The number of hydrogen-bond acceptors (Lipinski definition) is 5. The first kappa shape index (κ1) is 17.5. The molecule has 1 fully saturated rings. The minimum atomic E-state index is -0.167. The zero-order chi connectivity index (χ0) is 17.5. The predicted molar refractivity (Wildman–Crippen MR) is 92.7 cm³/mol. The van der Waals surface area contributed by atoms with Gasteiger partial charge in [-0.15, -0.1) is 0 Å². The van der Waals surface area contributed by atoms with Crippen molar-refractivity contribution in [3.05, 3.63) is 47.9 Å². The van der Waals surface area contributed by atoms with Crippen molar-refractivity contribution in [3.8, 4) is 5.75 Å². The summed E-state index contributed by atoms with van der Waals surface area (Å²) >= 11 is 0. The summed E-state index contributed by atoms with van der Waals surface area (Å²) in [6.45, 7) is 4.16. The number of amides is 1. The maximum Gasteiger partial charge on any atom is 0.292 e. The second kappa shape index (κ2) is 8.67. The maximum absolute atomic E-state index is 12.8. The lowest BCUT2D eigenvalue weighted by atomic mass is 10.2. The molecule has 0 aliphatic carbocycles. The van der Waals surface area contributed by atoms with Crippen molar-refractivity contribution in [2.75, 3.05) is 26.3 Å². The van der Waals surface area contributed by atoms with E-state index in [0.29, 0.717) is 19.7 Å². The Labute approximate surface area is 147 Å². The summed E-state index contributed by atoms with van der Waals surface area (Å²) in [7, 11) is 0. The minimum absolute atomic E-state index is 0.0780. The van der Waals surface area contributed by atoms with E-state index in [4.69, 9.17) is 14.0 Å². The van der Waals surface area contributed by atoms with Crippen LogP contribution in [0, 0.1) is 0 Å². The van der Waals surface area contributed by atoms with Crippen LogP contribution in [0.1, 0.15) is 36.0 Å². The quantitative estimate of drug-likeness (QED) is 0.737. The van der Waals surface area contributed by atoms with Gasteiger partial charge in [0.25, 0.3) is 5.91 Å². The third-order valence-electron chi connectivity index (χ3n) is 4.24. The molecule has 1 aromatic carbocycles. The highest BCUT2D eigenvalue weighted by atomic mass is 16.5. The first-order valence-corrected chi connectivity index (χ1v) is 8.80. The first-order chi connectivity index (χ1) is 12.3. The number of nitrogens with zero attached hydrogens (tertiary/aromatic N) is 2. The van der Waals surface area contributed by atoms with Gasteiger partial charge in [-0.2, -0.15) is 0 Å². The molecule has 1 aromatic heterocycles. The van der Waals surface area contributed by atoms with Crippen LogP contribution < -0.4 is 4.74 Å². The van der Waals surface area contributed by atoms with Crippen LogP contribution in [-0.2, 0) is 11.2 Å². The Morgan fingerprint density at radius 1 is 1.36 bits per heavy atom. The molecule has 0 spiro atoms. The standard InChI is InChI=1S/C19H24N2O4/c1-2-15-13-18(25-20-15)19(22)21(14-17-9-6-11-23-17)10-12-24-16-7-4-3-5-8-16/h3-5,7-8,13,17H,2,6,9-12,14H2,1H3/t17-/m1/s1. The van der Waals surface area contributed by atoms with Crippen LogP contribution in [-0.4, -0.2) is 48.4 Å². The van der Waals surface area contributed by atoms with Gasteiger partial charge in [-0.1, -0.05) is 30.3 Å². The number of rotatable bonds is 8. The Bertz CT molecular complexity index is 665. The lowest BCUT2D eigenvalue weighted by Gasteiger charge is -2.24. The van der Waals surface area contributed by atoms with Crippen LogP contribution in [0.15, 0.2) is 40.9 Å². The maximum atomic E-state index is 12.8. The molecule has 1 atom stereocenters. The van der Waals surface area contributed by atoms with E-state index in [2.05, 4.69) is 5.16 Å². The fourth-order valence-electron chi connectivity index (χ4n) is 2.84. The predicted octanol–water partition coefficient (Wildman–Crippen LogP) is 2.94. The van der Waals surface area contributed by atoms with Gasteiger partial charge in [0.05, 0.1) is 18.3 Å². The van der Waals surface area contributed by atoms with Crippen LogP contribution in [0.2, 0.25) is 0 Å². The van der Waals surface area contributed by atoms with Crippen LogP contribution in [0.4, 0.5) is 0 Å². The van der Waals surface area contributed by atoms with Crippen LogP contribution >= 0.6 is 0 Å². The van der Waals surface area contributed by atoms with E-state index in [1.165, 1.54) is 0 Å². The molecule has 0 bridgehead atoms. The molecule has 0 saturated carbocycles. The molecule has 1 saturated heterocycles. The van der Waals surface area contributed by atoms with Gasteiger partial charge in [-0.25, -0.2) is 0 Å². The second-order valence-electron chi connectivity index (χ2n) is 6.08. The Hall–Kier alpha value is -2.34. The highest BCUT2D eigenvalue weighted by Gasteiger charge is 2.25. The van der Waals surface area contributed by atoms with Crippen molar-refractivity contribution >= 4 is 5.91 Å². The molecule has 1 aliphatic rings. The molecule has 1 amide bonds. The van der Waals surface area contributed by atoms with E-state index in [9.17, 15) is 4.79 Å². The van der Waals surface area contributed by atoms with Gasteiger partial charge in [0, 0.05) is 19.2 Å². The summed E-state index contributed by atoms with van der Waals surface area (Å²) in [5.74, 6) is 0.897. The molecule has 25 heavy (non-hydrogen) atoms. The van der Waals surface area contributed by atoms with Crippen LogP contribution in [0.5, 0.6) is 5.75 Å². The van der Waals surface area contributed by atoms with E-state index in [-0.39, 0.29) is 17.8 Å². The van der Waals surface area contributed by atoms with Crippen molar-refractivity contribution < 1.29 is 18.8 Å². The molecule has 0 N–H and O–H groups in total. The van der Waals surface area contributed by atoms with E-state index >= 15 is 0 Å². The number of aryl methyl sites for hydroxylation is 1. The minimum Gasteiger partial charge on any atom is -0.492 e. The molecule has 6 nitrogen and oxygen atoms in total. The molecule has 6 heteroatoms. The lowest BCUT2D eigenvalue weighted by Crippen LogP contribution is -2.39. The Balaban J connectivity index is 1.62. The number of para-hydroxylation sites is 1. The number of ether oxygens (including phenoxy) is 2. The van der Waals surface area contributed by atoms with Gasteiger partial charge in [-0.3, -0.25) is 4.79 Å². The summed E-state index contributed by atoms with van der Waals surface area (Å²) in [4.78, 5) is 14.5. The molecule has 134 valence electrons. The fourth-order valence-corrected chi connectivity index (χ4v) is 2.84. The van der Waals surface area contributed by atoms with Crippen LogP contribution in [0.3, 0.4) is 0 Å². The van der Waals surface area contributed by atoms with Crippen molar-refractivity contribution in [1.82, 2.24) is 10.1 Å². The van der Waals surface area contributed by atoms with Gasteiger partial charge in [-0.05, 0) is 31.4 Å². The van der Waals surface area contributed by atoms with Crippen LogP contribution in [0.25, 0.3) is 0 Å². The SMILES string of the molecule is CCc1cc(C(=O)N(CCOc2ccccc2)C[C@H]2CCCO2)on1. The largest absolute Gasteiger partial charge is 0.492 e. The topological polar surface area (TPSA) is 64.8 Å². The zero-order valence-corrected chi connectivity index (χ0v) is 14.5. The fraction of sp³-hybridized carbons (Fsp3) is 0.474. The average molecular weight is 344 g/mol. The smallest absolute Gasteiger partial charge is 0.292 e. The number of aromatic nitrogens is 1. The molecule has 2 heterocycles. The molecule has 0 radical (unpaired) electrons. The van der Waals surface area contributed by atoms with Gasteiger partial charge in [0.2, 0.25) is 5.76 Å². The van der Waals surface area contributed by atoms with Crippen molar-refractivity contribution in [2.24, 2.45) is 0 Å². The molecule has 0 unspecified atom stereocenters. The van der Waals surface area contributed by atoms with Crippen molar-refractivity contribution in [1.29, 1.82) is 0 Å². The molecule has 2 aromatic rings. The summed E-state index contributed by atoms with van der Waals surface area (Å²) < 4.78 is 16.6. The van der Waals surface area contributed by atoms with E-state index < -0.39 is 0 Å². The average Bonchev–Trinajstić information content (AvgIpc) is 3.33. The monoisotopic (exact) mass is 344 g/mol. The Morgan fingerprint density at radius 2 is 2.20 bits per heavy atom. The van der Waals surface area contributed by atoms with Gasteiger partial charge in [0.1, 0.15) is 12.4 Å². The van der Waals surface area contributed by atoms with E-state index in [1.807, 2.05) is 37.3 Å². The normalized spacial score (nSPS) is 16.8. The lowest BCUT2D eigenvalue weighted by molar-refractivity contribution is 0.0464. The highest BCUT2D eigenvalue weighted by Crippen LogP contribution is 2.16. The third kappa shape index (κ3) is 4.82. The number of benzene rings is 1. The summed E-state index contributed by atoms with van der Waals surface area (Å²) in [6, 6.07) is 11.3. The van der Waals surface area contributed by atoms with Gasteiger partial charge in [0.15, 0.2) is 0 Å². The summed E-state index contributed by atoms with van der Waals surface area (Å²) in [5, 5.41) is 3.91. The Kier molecular flexibility index (Phi) is 6.06. The Morgan fingerprint density at radius 3 is 2.88 bits per heavy atom. The number of carbonyl (C=O) groups excluding carboxylic acids is 1. The highest BCUT2D eigenvalue weighted by molar-refractivity contribution is 5.91.